The first-order valence-electron chi connectivity index (χ1n) is 5.77. The van der Waals surface area contributed by atoms with E-state index >= 15 is 0 Å². The van der Waals surface area contributed by atoms with Crippen LogP contribution < -0.4 is 4.90 Å². The number of carboxylic acid groups (broad SMARTS) is 1. The number of carboxylic acids is 1. The van der Waals surface area contributed by atoms with Gasteiger partial charge in [0.05, 0.1) is 5.69 Å². The zero-order valence-corrected chi connectivity index (χ0v) is 9.98. The predicted molar refractivity (Wildman–Crippen MR) is 63.9 cm³/mol. The highest BCUT2D eigenvalue weighted by molar-refractivity contribution is 5.94. The Bertz CT molecular complexity index is 437. The molecule has 1 N–H and O–H groups in total. The summed E-state index contributed by atoms with van der Waals surface area (Å²) in [4.78, 5) is 13.1. The van der Waals surface area contributed by atoms with Crippen LogP contribution in [0.2, 0.25) is 0 Å². The Morgan fingerprint density at radius 1 is 1.35 bits per heavy atom. The maximum atomic E-state index is 13.5. The molecule has 0 aromatic heterocycles. The molecule has 0 aliphatic carbocycles. The van der Waals surface area contributed by atoms with Gasteiger partial charge in [-0.15, -0.1) is 0 Å². The highest BCUT2D eigenvalue weighted by Gasteiger charge is 2.29. The molecule has 1 aliphatic rings. The van der Waals surface area contributed by atoms with Gasteiger partial charge in [-0.2, -0.15) is 0 Å². The fraction of sp³-hybridized carbons (Fsp3) is 0.462. The van der Waals surface area contributed by atoms with E-state index in [9.17, 15) is 9.18 Å². The molecule has 0 amide bonds. The predicted octanol–water partition coefficient (Wildman–Crippen LogP) is 2.62. The summed E-state index contributed by atoms with van der Waals surface area (Å²) < 4.78 is 13.5. The molecule has 4 heteroatoms. The van der Waals surface area contributed by atoms with Crippen LogP contribution in [0.25, 0.3) is 0 Å². The van der Waals surface area contributed by atoms with Crippen LogP contribution in [-0.4, -0.2) is 24.2 Å². The van der Waals surface area contributed by atoms with E-state index < -0.39 is 11.8 Å². The van der Waals surface area contributed by atoms with Crippen molar-refractivity contribution in [3.8, 4) is 0 Å². The number of nitrogens with zero attached hydrogens (tertiary/aromatic N) is 1. The van der Waals surface area contributed by atoms with Gasteiger partial charge in [-0.1, -0.05) is 19.9 Å². The second-order valence-electron chi connectivity index (χ2n) is 4.80. The lowest BCUT2D eigenvalue weighted by Crippen LogP contribution is -2.22. The minimum absolute atomic E-state index is 0.214. The van der Waals surface area contributed by atoms with Crippen molar-refractivity contribution in [3.05, 3.63) is 29.6 Å². The van der Waals surface area contributed by atoms with E-state index in [4.69, 9.17) is 5.11 Å². The van der Waals surface area contributed by atoms with E-state index in [1.165, 1.54) is 6.07 Å². The first kappa shape index (κ1) is 11.9. The summed E-state index contributed by atoms with van der Waals surface area (Å²) in [6.45, 7) is 5.82. The van der Waals surface area contributed by atoms with E-state index in [1.807, 2.05) is 4.90 Å². The van der Waals surface area contributed by atoms with Gasteiger partial charge in [0.1, 0.15) is 11.4 Å². The molecule has 1 heterocycles. The molecule has 92 valence electrons. The van der Waals surface area contributed by atoms with Crippen molar-refractivity contribution < 1.29 is 14.3 Å². The molecule has 2 unspecified atom stereocenters. The van der Waals surface area contributed by atoms with E-state index in [2.05, 4.69) is 13.8 Å². The maximum absolute atomic E-state index is 13.5. The average molecular weight is 237 g/mol. The molecular formula is C13H16FNO2. The normalized spacial score (nSPS) is 24.1. The third kappa shape index (κ3) is 2.12. The number of benzene rings is 1. The molecule has 1 saturated heterocycles. The van der Waals surface area contributed by atoms with Crippen LogP contribution in [-0.2, 0) is 0 Å². The largest absolute Gasteiger partial charge is 0.478 e. The molecule has 1 fully saturated rings. The summed E-state index contributed by atoms with van der Waals surface area (Å²) in [5, 5.41) is 9.07. The monoisotopic (exact) mass is 237 g/mol. The van der Waals surface area contributed by atoms with Crippen LogP contribution in [0.5, 0.6) is 0 Å². The molecule has 0 spiro atoms. The molecule has 17 heavy (non-hydrogen) atoms. The zero-order valence-electron chi connectivity index (χ0n) is 9.98. The second-order valence-corrected chi connectivity index (χ2v) is 4.80. The van der Waals surface area contributed by atoms with Crippen molar-refractivity contribution in [2.75, 3.05) is 18.0 Å². The third-order valence-electron chi connectivity index (χ3n) is 3.53. The minimum atomic E-state index is -1.20. The first-order valence-corrected chi connectivity index (χ1v) is 5.77. The van der Waals surface area contributed by atoms with Crippen molar-refractivity contribution in [1.82, 2.24) is 0 Å². The summed E-state index contributed by atoms with van der Waals surface area (Å²) in [7, 11) is 0. The number of rotatable bonds is 2. The van der Waals surface area contributed by atoms with Gasteiger partial charge in [0.15, 0.2) is 0 Å². The average Bonchev–Trinajstić information content (AvgIpc) is 2.58. The maximum Gasteiger partial charge on any atom is 0.340 e. The third-order valence-corrected chi connectivity index (χ3v) is 3.53. The fourth-order valence-corrected chi connectivity index (χ4v) is 2.31. The topological polar surface area (TPSA) is 40.5 Å². The van der Waals surface area contributed by atoms with Crippen molar-refractivity contribution in [3.63, 3.8) is 0 Å². The van der Waals surface area contributed by atoms with E-state index in [0.717, 1.165) is 13.1 Å². The Kier molecular flexibility index (Phi) is 3.05. The van der Waals surface area contributed by atoms with E-state index in [0.29, 0.717) is 17.5 Å². The smallest absolute Gasteiger partial charge is 0.340 e. The lowest BCUT2D eigenvalue weighted by Gasteiger charge is -2.20. The van der Waals surface area contributed by atoms with Crippen molar-refractivity contribution in [1.29, 1.82) is 0 Å². The fourth-order valence-electron chi connectivity index (χ4n) is 2.31. The number of anilines is 1. The highest BCUT2D eigenvalue weighted by atomic mass is 19.1. The molecule has 0 radical (unpaired) electrons. The lowest BCUT2D eigenvalue weighted by molar-refractivity contribution is 0.0692. The van der Waals surface area contributed by atoms with Crippen LogP contribution in [0.15, 0.2) is 18.2 Å². The second kappa shape index (κ2) is 4.35. The number of hydrogen-bond donors (Lipinski definition) is 1. The highest BCUT2D eigenvalue weighted by Crippen LogP contribution is 2.31. The van der Waals surface area contributed by atoms with Gasteiger partial charge < -0.3 is 10.0 Å². The summed E-state index contributed by atoms with van der Waals surface area (Å²) in [6.07, 6.45) is 0. The SMILES string of the molecule is CC1CN(c2cccc(F)c2C(=O)O)CC1C. The Balaban J connectivity index is 2.39. The van der Waals surface area contributed by atoms with Crippen molar-refractivity contribution in [2.24, 2.45) is 11.8 Å². The van der Waals surface area contributed by atoms with Crippen LogP contribution in [0, 0.1) is 17.7 Å². The Morgan fingerprint density at radius 3 is 2.47 bits per heavy atom. The van der Waals surface area contributed by atoms with Gasteiger partial charge in [-0.3, -0.25) is 0 Å². The van der Waals surface area contributed by atoms with Gasteiger partial charge in [-0.05, 0) is 24.0 Å². The molecular weight excluding hydrogens is 221 g/mol. The quantitative estimate of drug-likeness (QED) is 0.859. The van der Waals surface area contributed by atoms with Gasteiger partial charge in [0.25, 0.3) is 0 Å². The summed E-state index contributed by atoms with van der Waals surface area (Å²) >= 11 is 0. The van der Waals surface area contributed by atoms with Crippen LogP contribution >= 0.6 is 0 Å². The van der Waals surface area contributed by atoms with Crippen LogP contribution in [0.4, 0.5) is 10.1 Å². The van der Waals surface area contributed by atoms with Crippen molar-refractivity contribution in [2.45, 2.75) is 13.8 Å². The first-order chi connectivity index (χ1) is 8.00. The molecule has 0 bridgehead atoms. The molecule has 1 aromatic rings. The molecule has 1 aliphatic heterocycles. The Morgan fingerprint density at radius 2 is 1.94 bits per heavy atom. The van der Waals surface area contributed by atoms with Gasteiger partial charge in [0.2, 0.25) is 0 Å². The zero-order chi connectivity index (χ0) is 12.6. The van der Waals surface area contributed by atoms with Crippen LogP contribution in [0.1, 0.15) is 24.2 Å². The van der Waals surface area contributed by atoms with E-state index in [1.54, 1.807) is 12.1 Å². The summed E-state index contributed by atoms with van der Waals surface area (Å²) in [5.74, 6) is -0.868. The van der Waals surface area contributed by atoms with Gasteiger partial charge >= 0.3 is 5.97 Å². The van der Waals surface area contributed by atoms with Crippen molar-refractivity contribution >= 4 is 11.7 Å². The molecule has 0 saturated carbocycles. The Hall–Kier alpha value is -1.58. The minimum Gasteiger partial charge on any atom is -0.478 e. The number of halogens is 1. The number of hydrogen-bond acceptors (Lipinski definition) is 2. The number of aromatic carboxylic acids is 1. The molecule has 1 aromatic carbocycles. The Labute approximate surface area is 99.9 Å². The van der Waals surface area contributed by atoms with E-state index in [-0.39, 0.29) is 5.56 Å². The molecule has 2 atom stereocenters. The van der Waals surface area contributed by atoms with Crippen LogP contribution in [0.3, 0.4) is 0 Å². The summed E-state index contributed by atoms with van der Waals surface area (Å²) in [6, 6.07) is 4.43. The molecule has 2 rings (SSSR count). The standard InChI is InChI=1S/C13H16FNO2/c1-8-6-15(7-9(8)2)11-5-3-4-10(14)12(11)13(16)17/h3-5,8-9H,6-7H2,1-2H3,(H,16,17). The lowest BCUT2D eigenvalue weighted by atomic mass is 10.0. The number of carbonyl (C=O) groups is 1. The molecule has 3 nitrogen and oxygen atoms in total. The van der Waals surface area contributed by atoms with Gasteiger partial charge in [-0.25, -0.2) is 9.18 Å². The summed E-state index contributed by atoms with van der Waals surface area (Å²) in [5.41, 5.74) is 0.280. The van der Waals surface area contributed by atoms with Gasteiger partial charge in [0, 0.05) is 13.1 Å².